The van der Waals surface area contributed by atoms with Crippen LogP contribution in [0, 0.1) is 0 Å². The van der Waals surface area contributed by atoms with Gasteiger partial charge in [0.2, 0.25) is 0 Å². The van der Waals surface area contributed by atoms with Crippen LogP contribution in [0.5, 0.6) is 0 Å². The van der Waals surface area contributed by atoms with Gasteiger partial charge in [-0.3, -0.25) is 4.79 Å². The molecule has 1 aromatic heterocycles. The minimum Gasteiger partial charge on any atom is -0.394 e. The zero-order valence-electron chi connectivity index (χ0n) is 11.0. The summed E-state index contributed by atoms with van der Waals surface area (Å²) in [6, 6.07) is 0. The average molecular weight is 318 g/mol. The summed E-state index contributed by atoms with van der Waals surface area (Å²) in [6.07, 6.45) is 3.67. The molecule has 102 valence electrons. The number of hydrogen-bond donors (Lipinski definition) is 2. The quantitative estimate of drug-likeness (QED) is 0.842. The van der Waals surface area contributed by atoms with E-state index >= 15 is 0 Å². The molecule has 0 radical (unpaired) electrons. The molecule has 0 aliphatic heterocycles. The molecule has 5 nitrogen and oxygen atoms in total. The monoisotopic (exact) mass is 317 g/mol. The van der Waals surface area contributed by atoms with Crippen LogP contribution >= 0.6 is 15.9 Å². The summed E-state index contributed by atoms with van der Waals surface area (Å²) in [6.45, 7) is 6.39. The molecule has 0 amide bonds. The van der Waals surface area contributed by atoms with Crippen molar-refractivity contribution < 1.29 is 5.11 Å². The first-order chi connectivity index (χ1) is 8.41. The summed E-state index contributed by atoms with van der Waals surface area (Å²) in [7, 11) is 0. The van der Waals surface area contributed by atoms with Gasteiger partial charge >= 0.3 is 0 Å². The molecule has 0 saturated heterocycles. The van der Waals surface area contributed by atoms with Gasteiger partial charge in [-0.15, -0.1) is 0 Å². The van der Waals surface area contributed by atoms with Crippen LogP contribution in [0.4, 0.5) is 5.69 Å². The Morgan fingerprint density at radius 3 is 2.78 bits per heavy atom. The number of aliphatic hydroxyl groups is 1. The van der Waals surface area contributed by atoms with Crippen LogP contribution < -0.4 is 10.9 Å². The van der Waals surface area contributed by atoms with Crippen LogP contribution in [0.25, 0.3) is 0 Å². The van der Waals surface area contributed by atoms with Crippen LogP contribution in [0.2, 0.25) is 0 Å². The molecule has 0 spiro atoms. The molecule has 0 aromatic carbocycles. The minimum absolute atomic E-state index is 0.0887. The van der Waals surface area contributed by atoms with E-state index in [1.807, 2.05) is 0 Å². The van der Waals surface area contributed by atoms with Gasteiger partial charge in [-0.2, -0.15) is 5.10 Å². The van der Waals surface area contributed by atoms with Gasteiger partial charge in [-0.25, -0.2) is 4.68 Å². The van der Waals surface area contributed by atoms with Crippen molar-refractivity contribution in [3.63, 3.8) is 0 Å². The Morgan fingerprint density at radius 2 is 2.22 bits per heavy atom. The van der Waals surface area contributed by atoms with Crippen molar-refractivity contribution in [3.8, 4) is 0 Å². The number of aromatic nitrogens is 2. The lowest BCUT2D eigenvalue weighted by Gasteiger charge is -2.27. The van der Waals surface area contributed by atoms with Crippen LogP contribution in [0.3, 0.4) is 0 Å². The van der Waals surface area contributed by atoms with E-state index in [4.69, 9.17) is 5.11 Å². The molecule has 6 heteroatoms. The fourth-order valence-electron chi connectivity index (χ4n) is 1.86. The molecule has 1 aromatic rings. The standard InChI is InChI=1S/C12H20BrN3O2/c1-4-5-12(2,3)15-9-8-14-16(6-7-17)11(18)10(9)13/h8,15,17H,4-7H2,1-3H3. The summed E-state index contributed by atoms with van der Waals surface area (Å²) in [5.41, 5.74) is 0.364. The third-order valence-electron chi connectivity index (χ3n) is 2.64. The van der Waals surface area contributed by atoms with E-state index in [0.717, 1.165) is 12.8 Å². The van der Waals surface area contributed by atoms with Gasteiger partial charge in [0, 0.05) is 5.54 Å². The van der Waals surface area contributed by atoms with E-state index in [1.54, 1.807) is 6.20 Å². The zero-order chi connectivity index (χ0) is 13.8. The highest BCUT2D eigenvalue weighted by atomic mass is 79.9. The molecule has 18 heavy (non-hydrogen) atoms. The summed E-state index contributed by atoms with van der Waals surface area (Å²) >= 11 is 3.29. The number of nitrogens with zero attached hydrogens (tertiary/aromatic N) is 2. The number of anilines is 1. The van der Waals surface area contributed by atoms with Crippen LogP contribution in [-0.4, -0.2) is 27.0 Å². The van der Waals surface area contributed by atoms with Gasteiger partial charge in [-0.1, -0.05) is 13.3 Å². The fourth-order valence-corrected chi connectivity index (χ4v) is 2.26. The van der Waals surface area contributed by atoms with Crippen molar-refractivity contribution in [2.24, 2.45) is 0 Å². The van der Waals surface area contributed by atoms with Gasteiger partial charge in [0.25, 0.3) is 5.56 Å². The Hall–Kier alpha value is -0.880. The maximum Gasteiger partial charge on any atom is 0.283 e. The van der Waals surface area contributed by atoms with Crippen molar-refractivity contribution in [1.82, 2.24) is 9.78 Å². The lowest BCUT2D eigenvalue weighted by atomic mass is 9.99. The SMILES string of the molecule is CCCC(C)(C)Nc1cnn(CCO)c(=O)c1Br. The molecule has 1 heterocycles. The van der Waals surface area contributed by atoms with Crippen molar-refractivity contribution in [2.45, 2.75) is 45.7 Å². The van der Waals surface area contributed by atoms with Crippen LogP contribution in [0.1, 0.15) is 33.6 Å². The number of rotatable bonds is 6. The fraction of sp³-hybridized carbons (Fsp3) is 0.667. The summed E-state index contributed by atoms with van der Waals surface area (Å²) in [5, 5.41) is 16.2. The molecule has 2 N–H and O–H groups in total. The Kier molecular flexibility index (Phi) is 5.34. The van der Waals surface area contributed by atoms with E-state index in [1.165, 1.54) is 4.68 Å². The molecule has 1 rings (SSSR count). The second-order valence-corrected chi connectivity index (χ2v) is 5.68. The molecule has 0 aliphatic rings. The Labute approximate surface area is 115 Å². The molecule has 0 unspecified atom stereocenters. The lowest BCUT2D eigenvalue weighted by Crippen LogP contribution is -2.33. The smallest absolute Gasteiger partial charge is 0.283 e. The highest BCUT2D eigenvalue weighted by Crippen LogP contribution is 2.23. The predicted molar refractivity (Wildman–Crippen MR) is 75.9 cm³/mol. The molecular formula is C12H20BrN3O2. The Balaban J connectivity index is 2.99. The summed E-state index contributed by atoms with van der Waals surface area (Å²) in [5.74, 6) is 0. The highest BCUT2D eigenvalue weighted by molar-refractivity contribution is 9.10. The topological polar surface area (TPSA) is 67.2 Å². The number of halogens is 1. The number of aliphatic hydroxyl groups excluding tert-OH is 1. The second kappa shape index (κ2) is 6.33. The molecule has 0 atom stereocenters. The van der Waals surface area contributed by atoms with E-state index in [2.05, 4.69) is 47.1 Å². The highest BCUT2D eigenvalue weighted by Gasteiger charge is 2.19. The molecule has 0 bridgehead atoms. The van der Waals surface area contributed by atoms with E-state index in [0.29, 0.717) is 10.2 Å². The van der Waals surface area contributed by atoms with Gasteiger partial charge in [0.05, 0.1) is 25.0 Å². The van der Waals surface area contributed by atoms with Crippen molar-refractivity contribution in [1.29, 1.82) is 0 Å². The lowest BCUT2D eigenvalue weighted by molar-refractivity contribution is 0.266. The van der Waals surface area contributed by atoms with Gasteiger partial charge < -0.3 is 10.4 Å². The van der Waals surface area contributed by atoms with Crippen LogP contribution in [0.15, 0.2) is 15.5 Å². The summed E-state index contributed by atoms with van der Waals surface area (Å²) in [4.78, 5) is 11.9. The first-order valence-electron chi connectivity index (χ1n) is 6.06. The third-order valence-corrected chi connectivity index (χ3v) is 3.41. The third kappa shape index (κ3) is 3.81. The first kappa shape index (κ1) is 15.2. The van der Waals surface area contributed by atoms with E-state index < -0.39 is 0 Å². The predicted octanol–water partition coefficient (Wildman–Crippen LogP) is 1.99. The van der Waals surface area contributed by atoms with E-state index in [-0.39, 0.29) is 24.2 Å². The van der Waals surface area contributed by atoms with Gasteiger partial charge in [-0.05, 0) is 36.2 Å². The Morgan fingerprint density at radius 1 is 1.56 bits per heavy atom. The molecule has 0 aliphatic carbocycles. The average Bonchev–Trinajstić information content (AvgIpc) is 2.29. The van der Waals surface area contributed by atoms with Crippen molar-refractivity contribution in [3.05, 3.63) is 21.0 Å². The largest absolute Gasteiger partial charge is 0.394 e. The van der Waals surface area contributed by atoms with Crippen molar-refractivity contribution >= 4 is 21.6 Å². The van der Waals surface area contributed by atoms with Crippen molar-refractivity contribution in [2.75, 3.05) is 11.9 Å². The first-order valence-corrected chi connectivity index (χ1v) is 6.85. The Bertz CT molecular complexity index is 457. The second-order valence-electron chi connectivity index (χ2n) is 4.88. The van der Waals surface area contributed by atoms with Crippen LogP contribution in [-0.2, 0) is 6.54 Å². The molecule has 0 fully saturated rings. The normalized spacial score (nSPS) is 11.6. The molecule has 0 saturated carbocycles. The zero-order valence-corrected chi connectivity index (χ0v) is 12.6. The number of nitrogens with one attached hydrogen (secondary N) is 1. The molecular weight excluding hydrogens is 298 g/mol. The van der Waals surface area contributed by atoms with E-state index in [9.17, 15) is 4.79 Å². The number of hydrogen-bond acceptors (Lipinski definition) is 4. The minimum atomic E-state index is -0.235. The van der Waals surface area contributed by atoms with Gasteiger partial charge in [0.15, 0.2) is 0 Å². The maximum atomic E-state index is 11.9. The van der Waals surface area contributed by atoms with Gasteiger partial charge in [0.1, 0.15) is 4.47 Å². The maximum absolute atomic E-state index is 11.9. The summed E-state index contributed by atoms with van der Waals surface area (Å²) < 4.78 is 1.69.